The van der Waals surface area contributed by atoms with Crippen LogP contribution in [0.1, 0.15) is 18.4 Å². The van der Waals surface area contributed by atoms with E-state index in [1.54, 1.807) is 7.11 Å². The SMILES string of the molecule is CNC1CCN(Cc2cccc(OC)c2)CC1. The second-order valence-corrected chi connectivity index (χ2v) is 4.69. The van der Waals surface area contributed by atoms with E-state index in [1.807, 2.05) is 6.07 Å². The van der Waals surface area contributed by atoms with Gasteiger partial charge in [-0.2, -0.15) is 0 Å². The van der Waals surface area contributed by atoms with E-state index in [4.69, 9.17) is 4.74 Å². The molecule has 3 nitrogen and oxygen atoms in total. The van der Waals surface area contributed by atoms with E-state index in [2.05, 4.69) is 35.5 Å². The minimum absolute atomic E-state index is 0.705. The van der Waals surface area contributed by atoms with Gasteiger partial charge in [0, 0.05) is 12.6 Å². The molecule has 1 aliphatic rings. The molecule has 0 unspecified atom stereocenters. The lowest BCUT2D eigenvalue weighted by Gasteiger charge is -2.31. The molecular weight excluding hydrogens is 212 g/mol. The molecule has 17 heavy (non-hydrogen) atoms. The predicted octanol–water partition coefficient (Wildman–Crippen LogP) is 1.88. The quantitative estimate of drug-likeness (QED) is 0.861. The van der Waals surface area contributed by atoms with Crippen LogP contribution in [-0.4, -0.2) is 38.2 Å². The van der Waals surface area contributed by atoms with Crippen molar-refractivity contribution >= 4 is 0 Å². The molecule has 0 atom stereocenters. The summed E-state index contributed by atoms with van der Waals surface area (Å²) in [4.78, 5) is 2.52. The molecule has 0 aromatic heterocycles. The lowest BCUT2D eigenvalue weighted by atomic mass is 10.0. The Kier molecular flexibility index (Phi) is 4.40. The van der Waals surface area contributed by atoms with Crippen molar-refractivity contribution in [1.82, 2.24) is 10.2 Å². The molecule has 1 aliphatic heterocycles. The maximum Gasteiger partial charge on any atom is 0.119 e. The van der Waals surface area contributed by atoms with Gasteiger partial charge in [0.15, 0.2) is 0 Å². The monoisotopic (exact) mass is 234 g/mol. The van der Waals surface area contributed by atoms with Crippen molar-refractivity contribution in [2.24, 2.45) is 0 Å². The molecule has 1 heterocycles. The van der Waals surface area contributed by atoms with Crippen LogP contribution in [0.5, 0.6) is 5.75 Å². The molecule has 1 saturated heterocycles. The van der Waals surface area contributed by atoms with Crippen LogP contribution in [0.3, 0.4) is 0 Å². The highest BCUT2D eigenvalue weighted by atomic mass is 16.5. The highest BCUT2D eigenvalue weighted by molar-refractivity contribution is 5.28. The first-order valence-electron chi connectivity index (χ1n) is 6.34. The lowest BCUT2D eigenvalue weighted by molar-refractivity contribution is 0.194. The Morgan fingerprint density at radius 1 is 1.35 bits per heavy atom. The fourth-order valence-corrected chi connectivity index (χ4v) is 2.41. The third-order valence-electron chi connectivity index (χ3n) is 3.54. The Hall–Kier alpha value is -1.06. The Labute approximate surface area is 104 Å². The molecule has 1 N–H and O–H groups in total. The Morgan fingerprint density at radius 3 is 2.76 bits per heavy atom. The Morgan fingerprint density at radius 2 is 2.12 bits per heavy atom. The van der Waals surface area contributed by atoms with E-state index in [0.29, 0.717) is 6.04 Å². The van der Waals surface area contributed by atoms with E-state index >= 15 is 0 Å². The fraction of sp³-hybridized carbons (Fsp3) is 0.571. The van der Waals surface area contributed by atoms with Crippen LogP contribution in [-0.2, 0) is 6.54 Å². The van der Waals surface area contributed by atoms with Crippen molar-refractivity contribution in [3.05, 3.63) is 29.8 Å². The van der Waals surface area contributed by atoms with Crippen molar-refractivity contribution in [3.8, 4) is 5.75 Å². The molecule has 0 radical (unpaired) electrons. The number of likely N-dealkylation sites (tertiary alicyclic amines) is 1. The largest absolute Gasteiger partial charge is 0.497 e. The van der Waals surface area contributed by atoms with Gasteiger partial charge in [0.25, 0.3) is 0 Å². The zero-order chi connectivity index (χ0) is 12.1. The van der Waals surface area contributed by atoms with Gasteiger partial charge in [-0.1, -0.05) is 12.1 Å². The van der Waals surface area contributed by atoms with E-state index < -0.39 is 0 Å². The molecule has 1 aromatic rings. The Bertz CT molecular complexity index is 346. The highest BCUT2D eigenvalue weighted by Gasteiger charge is 2.17. The standard InChI is InChI=1S/C14H22N2O/c1-15-13-6-8-16(9-7-13)11-12-4-3-5-14(10-12)17-2/h3-5,10,13,15H,6-9,11H2,1-2H3. The van der Waals surface area contributed by atoms with Crippen LogP contribution in [0, 0.1) is 0 Å². The highest BCUT2D eigenvalue weighted by Crippen LogP contribution is 2.17. The van der Waals surface area contributed by atoms with Gasteiger partial charge in [0.1, 0.15) is 5.75 Å². The van der Waals surface area contributed by atoms with Crippen molar-refractivity contribution in [3.63, 3.8) is 0 Å². The summed E-state index contributed by atoms with van der Waals surface area (Å²) in [5, 5.41) is 3.36. The summed E-state index contributed by atoms with van der Waals surface area (Å²) in [6.07, 6.45) is 2.50. The molecular formula is C14H22N2O. The van der Waals surface area contributed by atoms with Gasteiger partial charge in [0.05, 0.1) is 7.11 Å². The maximum atomic E-state index is 5.25. The smallest absolute Gasteiger partial charge is 0.119 e. The van der Waals surface area contributed by atoms with Crippen LogP contribution in [0.15, 0.2) is 24.3 Å². The summed E-state index contributed by atoms with van der Waals surface area (Å²) < 4.78 is 5.25. The average molecular weight is 234 g/mol. The number of nitrogens with one attached hydrogen (secondary N) is 1. The minimum Gasteiger partial charge on any atom is -0.497 e. The van der Waals surface area contributed by atoms with Crippen molar-refractivity contribution in [2.45, 2.75) is 25.4 Å². The van der Waals surface area contributed by atoms with E-state index in [-0.39, 0.29) is 0 Å². The summed E-state index contributed by atoms with van der Waals surface area (Å²) in [5.74, 6) is 0.951. The number of hydrogen-bond donors (Lipinski definition) is 1. The second kappa shape index (κ2) is 6.03. The summed E-state index contributed by atoms with van der Waals surface area (Å²) in [6, 6.07) is 9.07. The van der Waals surface area contributed by atoms with Crippen LogP contribution in [0.4, 0.5) is 0 Å². The third kappa shape index (κ3) is 3.45. The number of methoxy groups -OCH3 is 1. The third-order valence-corrected chi connectivity index (χ3v) is 3.54. The van der Waals surface area contributed by atoms with Gasteiger partial charge < -0.3 is 10.1 Å². The van der Waals surface area contributed by atoms with Crippen molar-refractivity contribution < 1.29 is 4.74 Å². The summed E-state index contributed by atoms with van der Waals surface area (Å²) in [6.45, 7) is 3.40. The Balaban J connectivity index is 1.88. The number of ether oxygens (including phenoxy) is 1. The van der Waals surface area contributed by atoms with Crippen LogP contribution in [0.2, 0.25) is 0 Å². The second-order valence-electron chi connectivity index (χ2n) is 4.69. The normalized spacial score (nSPS) is 18.2. The zero-order valence-corrected chi connectivity index (χ0v) is 10.8. The van der Waals surface area contributed by atoms with E-state index in [1.165, 1.54) is 31.5 Å². The van der Waals surface area contributed by atoms with Gasteiger partial charge in [-0.15, -0.1) is 0 Å². The maximum absolute atomic E-state index is 5.25. The molecule has 0 spiro atoms. The number of benzene rings is 1. The number of hydrogen-bond acceptors (Lipinski definition) is 3. The summed E-state index contributed by atoms with van der Waals surface area (Å²) in [5.41, 5.74) is 1.34. The van der Waals surface area contributed by atoms with Crippen molar-refractivity contribution in [1.29, 1.82) is 0 Å². The first-order valence-corrected chi connectivity index (χ1v) is 6.34. The van der Waals surface area contributed by atoms with Gasteiger partial charge in [0.2, 0.25) is 0 Å². The molecule has 0 saturated carbocycles. The van der Waals surface area contributed by atoms with E-state index in [0.717, 1.165) is 12.3 Å². The topological polar surface area (TPSA) is 24.5 Å². The van der Waals surface area contributed by atoms with Gasteiger partial charge in [-0.3, -0.25) is 4.90 Å². The first kappa shape index (κ1) is 12.4. The lowest BCUT2D eigenvalue weighted by Crippen LogP contribution is -2.40. The number of rotatable bonds is 4. The molecule has 0 amide bonds. The van der Waals surface area contributed by atoms with Crippen LogP contribution >= 0.6 is 0 Å². The molecule has 0 aliphatic carbocycles. The zero-order valence-electron chi connectivity index (χ0n) is 10.8. The van der Waals surface area contributed by atoms with Crippen LogP contribution < -0.4 is 10.1 Å². The van der Waals surface area contributed by atoms with E-state index in [9.17, 15) is 0 Å². The van der Waals surface area contributed by atoms with Crippen molar-refractivity contribution in [2.75, 3.05) is 27.2 Å². The summed E-state index contributed by atoms with van der Waals surface area (Å²) in [7, 11) is 3.78. The molecule has 2 rings (SSSR count). The average Bonchev–Trinajstić information content (AvgIpc) is 2.40. The number of piperidine rings is 1. The van der Waals surface area contributed by atoms with Gasteiger partial charge in [-0.05, 0) is 50.7 Å². The predicted molar refractivity (Wildman–Crippen MR) is 70.4 cm³/mol. The number of nitrogens with zero attached hydrogens (tertiary/aromatic N) is 1. The fourth-order valence-electron chi connectivity index (χ4n) is 2.41. The minimum atomic E-state index is 0.705. The first-order chi connectivity index (χ1) is 8.31. The van der Waals surface area contributed by atoms with Gasteiger partial charge >= 0.3 is 0 Å². The van der Waals surface area contributed by atoms with Crippen LogP contribution in [0.25, 0.3) is 0 Å². The molecule has 3 heteroatoms. The summed E-state index contributed by atoms with van der Waals surface area (Å²) >= 11 is 0. The van der Waals surface area contributed by atoms with Gasteiger partial charge in [-0.25, -0.2) is 0 Å². The molecule has 1 aromatic carbocycles. The molecule has 0 bridgehead atoms. The molecule has 1 fully saturated rings. The molecule has 94 valence electrons.